The number of carbonyl (C=O) groups is 1. The minimum Gasteiger partial charge on any atom is -0.340 e. The highest BCUT2D eigenvalue weighted by Gasteiger charge is 2.27. The van der Waals surface area contributed by atoms with Crippen LogP contribution in [0.15, 0.2) is 30.6 Å². The molecular formula is C16H15Cl3N4O. The van der Waals surface area contributed by atoms with Gasteiger partial charge in [0, 0.05) is 25.5 Å². The monoisotopic (exact) mass is 384 g/mol. The standard InChI is InChI=1S/C16H15Cl3N4O/c17-11-7-13(19)14(8-12(11)18)22-15(24)10-3-1-6-23(9-10)16-20-4-2-5-21-16/h2,4-5,7-8,10H,1,3,6,9H2,(H,22,24). The molecule has 1 aliphatic heterocycles. The molecule has 0 radical (unpaired) electrons. The lowest BCUT2D eigenvalue weighted by atomic mass is 9.97. The molecule has 1 aromatic heterocycles. The van der Waals surface area contributed by atoms with Gasteiger partial charge in [0.15, 0.2) is 0 Å². The van der Waals surface area contributed by atoms with Crippen molar-refractivity contribution in [3.8, 4) is 0 Å². The molecule has 24 heavy (non-hydrogen) atoms. The fraction of sp³-hybridized carbons (Fsp3) is 0.312. The molecule has 2 aromatic rings. The molecule has 1 aliphatic rings. The molecule has 2 heterocycles. The van der Waals surface area contributed by atoms with Crippen LogP contribution in [0.25, 0.3) is 0 Å². The van der Waals surface area contributed by atoms with E-state index in [9.17, 15) is 4.79 Å². The molecule has 126 valence electrons. The number of piperidine rings is 1. The molecule has 0 aliphatic carbocycles. The summed E-state index contributed by atoms with van der Waals surface area (Å²) in [6.45, 7) is 1.40. The third-order valence-electron chi connectivity index (χ3n) is 3.90. The predicted molar refractivity (Wildman–Crippen MR) is 97.1 cm³/mol. The number of hydrogen-bond acceptors (Lipinski definition) is 4. The third-order valence-corrected chi connectivity index (χ3v) is 4.93. The summed E-state index contributed by atoms with van der Waals surface area (Å²) in [5.74, 6) is 0.367. The Balaban J connectivity index is 1.70. The van der Waals surface area contributed by atoms with Crippen LogP contribution in [-0.4, -0.2) is 29.0 Å². The minimum atomic E-state index is -0.173. The topological polar surface area (TPSA) is 58.1 Å². The van der Waals surface area contributed by atoms with Gasteiger partial charge in [0.05, 0.1) is 26.7 Å². The van der Waals surface area contributed by atoms with Crippen molar-refractivity contribution in [2.45, 2.75) is 12.8 Å². The van der Waals surface area contributed by atoms with E-state index in [2.05, 4.69) is 15.3 Å². The summed E-state index contributed by atoms with van der Waals surface area (Å²) in [5, 5.41) is 3.89. The van der Waals surface area contributed by atoms with Crippen LogP contribution in [0.1, 0.15) is 12.8 Å². The largest absolute Gasteiger partial charge is 0.340 e. The molecular weight excluding hydrogens is 371 g/mol. The second-order valence-corrected chi connectivity index (χ2v) is 6.79. The fourth-order valence-corrected chi connectivity index (χ4v) is 3.27. The first-order valence-corrected chi connectivity index (χ1v) is 8.65. The fourth-order valence-electron chi connectivity index (χ4n) is 2.68. The number of nitrogens with one attached hydrogen (secondary N) is 1. The normalized spacial score (nSPS) is 17.6. The number of halogens is 3. The van der Waals surface area contributed by atoms with Crippen molar-refractivity contribution in [2.75, 3.05) is 23.3 Å². The SMILES string of the molecule is O=C(Nc1cc(Cl)c(Cl)cc1Cl)C1CCCN(c2ncccn2)C1. The summed E-state index contributed by atoms with van der Waals surface area (Å²) < 4.78 is 0. The maximum atomic E-state index is 12.6. The Morgan fingerprint density at radius 3 is 2.58 bits per heavy atom. The maximum absolute atomic E-state index is 12.6. The van der Waals surface area contributed by atoms with Gasteiger partial charge in [-0.3, -0.25) is 4.79 Å². The van der Waals surface area contributed by atoms with Gasteiger partial charge in [-0.05, 0) is 31.0 Å². The smallest absolute Gasteiger partial charge is 0.229 e. The van der Waals surface area contributed by atoms with Crippen molar-refractivity contribution in [1.82, 2.24) is 9.97 Å². The number of nitrogens with zero attached hydrogens (tertiary/aromatic N) is 3. The van der Waals surface area contributed by atoms with Gasteiger partial charge in [0.2, 0.25) is 11.9 Å². The molecule has 1 fully saturated rings. The van der Waals surface area contributed by atoms with Gasteiger partial charge in [-0.15, -0.1) is 0 Å². The van der Waals surface area contributed by atoms with Crippen LogP contribution in [0.3, 0.4) is 0 Å². The highest BCUT2D eigenvalue weighted by Crippen LogP contribution is 2.33. The van der Waals surface area contributed by atoms with Crippen molar-refractivity contribution in [3.63, 3.8) is 0 Å². The van der Waals surface area contributed by atoms with E-state index in [4.69, 9.17) is 34.8 Å². The summed E-state index contributed by atoms with van der Waals surface area (Å²) in [6, 6.07) is 4.85. The molecule has 1 amide bonds. The number of carbonyl (C=O) groups excluding carboxylic acids is 1. The molecule has 8 heteroatoms. The van der Waals surface area contributed by atoms with Gasteiger partial charge < -0.3 is 10.2 Å². The first-order valence-electron chi connectivity index (χ1n) is 7.52. The molecule has 1 aromatic carbocycles. The lowest BCUT2D eigenvalue weighted by molar-refractivity contribution is -0.120. The highest BCUT2D eigenvalue weighted by atomic mass is 35.5. The van der Waals surface area contributed by atoms with Gasteiger partial charge in [-0.1, -0.05) is 34.8 Å². The summed E-state index contributed by atoms with van der Waals surface area (Å²) in [7, 11) is 0. The molecule has 5 nitrogen and oxygen atoms in total. The molecule has 0 spiro atoms. The van der Waals surface area contributed by atoms with Crippen molar-refractivity contribution in [1.29, 1.82) is 0 Å². The zero-order valence-corrected chi connectivity index (χ0v) is 14.9. The zero-order valence-electron chi connectivity index (χ0n) is 12.7. The van der Waals surface area contributed by atoms with Crippen LogP contribution in [0.2, 0.25) is 15.1 Å². The van der Waals surface area contributed by atoms with Gasteiger partial charge in [0.25, 0.3) is 0 Å². The first kappa shape index (κ1) is 17.3. The average Bonchev–Trinajstić information content (AvgIpc) is 2.60. The Hall–Kier alpha value is -1.56. The number of amides is 1. The lowest BCUT2D eigenvalue weighted by Gasteiger charge is -2.32. The Labute approximate surface area is 154 Å². The van der Waals surface area contributed by atoms with Crippen molar-refractivity contribution in [3.05, 3.63) is 45.7 Å². The third kappa shape index (κ3) is 3.91. The van der Waals surface area contributed by atoms with E-state index in [-0.39, 0.29) is 11.8 Å². The van der Waals surface area contributed by atoms with E-state index in [1.807, 2.05) is 4.90 Å². The summed E-state index contributed by atoms with van der Waals surface area (Å²) in [5.41, 5.74) is 0.462. The summed E-state index contributed by atoms with van der Waals surface area (Å²) in [4.78, 5) is 23.1. The van der Waals surface area contributed by atoms with E-state index in [0.29, 0.717) is 33.2 Å². The van der Waals surface area contributed by atoms with Crippen LogP contribution in [0.4, 0.5) is 11.6 Å². The van der Waals surface area contributed by atoms with Gasteiger partial charge >= 0.3 is 0 Å². The Morgan fingerprint density at radius 1 is 1.12 bits per heavy atom. The average molecular weight is 386 g/mol. The van der Waals surface area contributed by atoms with E-state index < -0.39 is 0 Å². The lowest BCUT2D eigenvalue weighted by Crippen LogP contribution is -2.41. The van der Waals surface area contributed by atoms with Crippen LogP contribution in [-0.2, 0) is 4.79 Å². The highest BCUT2D eigenvalue weighted by molar-refractivity contribution is 6.44. The minimum absolute atomic E-state index is 0.101. The first-order chi connectivity index (χ1) is 11.5. The Bertz CT molecular complexity index is 742. The van der Waals surface area contributed by atoms with E-state index in [1.54, 1.807) is 24.5 Å². The van der Waals surface area contributed by atoms with Crippen molar-refractivity contribution >= 4 is 52.3 Å². The van der Waals surface area contributed by atoms with Crippen molar-refractivity contribution < 1.29 is 4.79 Å². The molecule has 0 saturated carbocycles. The predicted octanol–water partition coefficient (Wildman–Crippen LogP) is 4.29. The van der Waals surface area contributed by atoms with E-state index >= 15 is 0 Å². The Kier molecular flexibility index (Phi) is 5.43. The summed E-state index contributed by atoms with van der Waals surface area (Å²) >= 11 is 18.0. The van der Waals surface area contributed by atoms with Crippen LogP contribution >= 0.6 is 34.8 Å². The van der Waals surface area contributed by atoms with E-state index in [1.165, 1.54) is 6.07 Å². The second kappa shape index (κ2) is 7.55. The zero-order chi connectivity index (χ0) is 17.1. The molecule has 0 bridgehead atoms. The number of rotatable bonds is 3. The van der Waals surface area contributed by atoms with Crippen LogP contribution in [0, 0.1) is 5.92 Å². The molecule has 3 rings (SSSR count). The molecule has 1 N–H and O–H groups in total. The van der Waals surface area contributed by atoms with Crippen molar-refractivity contribution in [2.24, 2.45) is 5.92 Å². The van der Waals surface area contributed by atoms with Gasteiger partial charge in [0.1, 0.15) is 0 Å². The number of aromatic nitrogens is 2. The van der Waals surface area contributed by atoms with E-state index in [0.717, 1.165) is 19.4 Å². The number of benzene rings is 1. The number of hydrogen-bond donors (Lipinski definition) is 1. The molecule has 1 unspecified atom stereocenters. The quantitative estimate of drug-likeness (QED) is 0.801. The Morgan fingerprint density at radius 2 is 1.83 bits per heavy atom. The van der Waals surface area contributed by atoms with Crippen LogP contribution < -0.4 is 10.2 Å². The van der Waals surface area contributed by atoms with Crippen LogP contribution in [0.5, 0.6) is 0 Å². The molecule has 1 saturated heterocycles. The maximum Gasteiger partial charge on any atom is 0.229 e. The van der Waals surface area contributed by atoms with Gasteiger partial charge in [-0.25, -0.2) is 9.97 Å². The second-order valence-electron chi connectivity index (χ2n) is 5.57. The molecule has 1 atom stereocenters. The van der Waals surface area contributed by atoms with Gasteiger partial charge in [-0.2, -0.15) is 0 Å². The number of anilines is 2. The summed E-state index contributed by atoms with van der Waals surface area (Å²) in [6.07, 6.45) is 5.09.